The summed E-state index contributed by atoms with van der Waals surface area (Å²) in [6.45, 7) is 2.80. The molecule has 0 aliphatic carbocycles. The summed E-state index contributed by atoms with van der Waals surface area (Å²) in [6.07, 6.45) is 0. The van der Waals surface area contributed by atoms with Crippen LogP contribution in [0.1, 0.15) is 34.6 Å². The van der Waals surface area contributed by atoms with Gasteiger partial charge in [0.2, 0.25) is 0 Å². The number of aromatic nitrogens is 1. The Labute approximate surface area is 163 Å². The fourth-order valence-electron chi connectivity index (χ4n) is 2.53. The van der Waals surface area contributed by atoms with Gasteiger partial charge < -0.3 is 15.2 Å². The van der Waals surface area contributed by atoms with Crippen molar-refractivity contribution in [2.45, 2.75) is 13.8 Å². The Morgan fingerprint density at radius 3 is 1.93 bits per heavy atom. The monoisotopic (exact) mass is 404 g/mol. The molecule has 2 N–H and O–H groups in total. The van der Waals surface area contributed by atoms with E-state index in [1.165, 1.54) is 26.0 Å². The Kier molecular flexibility index (Phi) is 6.39. The summed E-state index contributed by atoms with van der Waals surface area (Å²) < 4.78 is 9.70. The molecule has 1 heterocycles. The normalized spacial score (nSPS) is 10.3. The van der Waals surface area contributed by atoms with Crippen LogP contribution in [0.25, 0.3) is 11.3 Å². The Bertz CT molecular complexity index is 988. The lowest BCUT2D eigenvalue weighted by Crippen LogP contribution is -2.20. The zero-order chi connectivity index (χ0) is 21.7. The van der Waals surface area contributed by atoms with E-state index < -0.39 is 44.4 Å². The van der Waals surface area contributed by atoms with E-state index in [0.717, 1.165) is 12.1 Å². The molecule has 0 saturated heterocycles. The lowest BCUT2D eigenvalue weighted by Gasteiger charge is -2.13. The van der Waals surface area contributed by atoms with Crippen molar-refractivity contribution in [3.8, 4) is 11.3 Å². The molecular formula is C17H16N4O8. The highest BCUT2D eigenvalue weighted by Crippen LogP contribution is 2.37. The van der Waals surface area contributed by atoms with Gasteiger partial charge in [0.1, 0.15) is 11.4 Å². The number of nitrogens with two attached hydrogens (primary N) is 1. The van der Waals surface area contributed by atoms with Crippen LogP contribution in [0.15, 0.2) is 24.3 Å². The van der Waals surface area contributed by atoms with Crippen LogP contribution >= 0.6 is 0 Å². The van der Waals surface area contributed by atoms with Crippen LogP contribution in [0.4, 0.5) is 17.2 Å². The highest BCUT2D eigenvalue weighted by atomic mass is 16.6. The standard InChI is InChI=1S/C17H16N4O8/c1-3-28-16(22)11-12(17(23)29-4-2)15(18)19-13(14(11)21(26)27)9-5-7-10(8-6-9)20(24)25/h5-8H,3-4H2,1-2H3,(H2,18,19). The minimum absolute atomic E-state index is 0.0710. The first-order valence-corrected chi connectivity index (χ1v) is 8.29. The highest BCUT2D eigenvalue weighted by Gasteiger charge is 2.36. The molecule has 0 atom stereocenters. The molecule has 0 spiro atoms. The fraction of sp³-hybridized carbons (Fsp3) is 0.235. The molecule has 29 heavy (non-hydrogen) atoms. The third-order valence-electron chi connectivity index (χ3n) is 3.69. The number of carbonyl (C=O) groups excluding carboxylic acids is 2. The topological polar surface area (TPSA) is 178 Å². The molecule has 0 amide bonds. The maximum Gasteiger partial charge on any atom is 0.346 e. The van der Waals surface area contributed by atoms with Gasteiger partial charge in [0.15, 0.2) is 11.3 Å². The summed E-state index contributed by atoms with van der Waals surface area (Å²) in [5.74, 6) is -2.70. The van der Waals surface area contributed by atoms with E-state index in [9.17, 15) is 29.8 Å². The van der Waals surface area contributed by atoms with Gasteiger partial charge in [-0.3, -0.25) is 20.2 Å². The molecule has 152 valence electrons. The zero-order valence-electron chi connectivity index (χ0n) is 15.4. The molecule has 1 aromatic carbocycles. The molecule has 0 aliphatic rings. The van der Waals surface area contributed by atoms with Crippen LogP contribution in [-0.2, 0) is 9.47 Å². The number of hydrogen-bond acceptors (Lipinski definition) is 10. The zero-order valence-corrected chi connectivity index (χ0v) is 15.4. The van der Waals surface area contributed by atoms with Gasteiger partial charge in [0.25, 0.3) is 5.69 Å². The number of pyridine rings is 1. The summed E-state index contributed by atoms with van der Waals surface area (Å²) in [6, 6.07) is 4.65. The summed E-state index contributed by atoms with van der Waals surface area (Å²) in [5, 5.41) is 22.6. The third-order valence-corrected chi connectivity index (χ3v) is 3.69. The van der Waals surface area contributed by atoms with Gasteiger partial charge in [0, 0.05) is 17.7 Å². The molecule has 2 rings (SSSR count). The smallest absolute Gasteiger partial charge is 0.346 e. The molecule has 2 aromatic rings. The van der Waals surface area contributed by atoms with E-state index in [1.807, 2.05) is 0 Å². The predicted octanol–water partition coefficient (Wildman–Crippen LogP) is 2.50. The molecule has 1 aromatic heterocycles. The first-order valence-electron chi connectivity index (χ1n) is 8.29. The van der Waals surface area contributed by atoms with Crippen LogP contribution < -0.4 is 5.73 Å². The molecule has 0 bridgehead atoms. The highest BCUT2D eigenvalue weighted by molar-refractivity contribution is 6.10. The number of non-ortho nitro benzene ring substituents is 1. The first-order chi connectivity index (χ1) is 13.7. The second kappa shape index (κ2) is 8.73. The number of rotatable bonds is 7. The maximum absolute atomic E-state index is 12.5. The fourth-order valence-corrected chi connectivity index (χ4v) is 2.53. The van der Waals surface area contributed by atoms with E-state index in [0.29, 0.717) is 0 Å². The number of nitrogens with zero attached hydrogens (tertiary/aromatic N) is 3. The number of carbonyl (C=O) groups is 2. The number of ether oxygens (including phenoxy) is 2. The molecule has 0 fully saturated rings. The molecule has 12 nitrogen and oxygen atoms in total. The van der Waals surface area contributed by atoms with Crippen LogP contribution in [0.5, 0.6) is 0 Å². The number of esters is 2. The second-order valence-corrected chi connectivity index (χ2v) is 5.45. The van der Waals surface area contributed by atoms with E-state index in [2.05, 4.69) is 4.98 Å². The van der Waals surface area contributed by atoms with Gasteiger partial charge in [-0.2, -0.15) is 0 Å². The number of nitro groups is 2. The minimum Gasteiger partial charge on any atom is -0.462 e. The lowest BCUT2D eigenvalue weighted by atomic mass is 10.0. The Balaban J connectivity index is 2.85. The van der Waals surface area contributed by atoms with Crippen molar-refractivity contribution in [1.82, 2.24) is 4.98 Å². The number of anilines is 1. The quantitative estimate of drug-likeness (QED) is 0.409. The summed E-state index contributed by atoms with van der Waals surface area (Å²) >= 11 is 0. The third kappa shape index (κ3) is 4.26. The van der Waals surface area contributed by atoms with Crippen molar-refractivity contribution < 1.29 is 28.9 Å². The SMILES string of the molecule is CCOC(=O)c1c(N)nc(-c2ccc([N+](=O)[O-])cc2)c([N+](=O)[O-])c1C(=O)OCC. The van der Waals surface area contributed by atoms with E-state index in [1.54, 1.807) is 0 Å². The van der Waals surface area contributed by atoms with Crippen molar-refractivity contribution in [2.75, 3.05) is 18.9 Å². The molecule has 0 saturated carbocycles. The van der Waals surface area contributed by atoms with Crippen molar-refractivity contribution in [3.05, 3.63) is 55.6 Å². The van der Waals surface area contributed by atoms with Crippen LogP contribution in [-0.4, -0.2) is 40.0 Å². The number of nitrogen functional groups attached to an aromatic ring is 1. The Hall–Kier alpha value is -4.09. The van der Waals surface area contributed by atoms with Crippen LogP contribution in [0, 0.1) is 20.2 Å². The van der Waals surface area contributed by atoms with E-state index >= 15 is 0 Å². The van der Waals surface area contributed by atoms with Gasteiger partial charge >= 0.3 is 17.6 Å². The summed E-state index contributed by atoms with van der Waals surface area (Å²) in [4.78, 5) is 49.7. The van der Waals surface area contributed by atoms with Crippen molar-refractivity contribution in [1.29, 1.82) is 0 Å². The van der Waals surface area contributed by atoms with Crippen molar-refractivity contribution >= 4 is 29.1 Å². The molecule has 0 radical (unpaired) electrons. The van der Waals surface area contributed by atoms with Crippen molar-refractivity contribution in [2.24, 2.45) is 0 Å². The van der Waals surface area contributed by atoms with Crippen molar-refractivity contribution in [3.63, 3.8) is 0 Å². The van der Waals surface area contributed by atoms with Crippen LogP contribution in [0.3, 0.4) is 0 Å². The second-order valence-electron chi connectivity index (χ2n) is 5.45. The van der Waals surface area contributed by atoms with E-state index in [4.69, 9.17) is 15.2 Å². The summed E-state index contributed by atoms with van der Waals surface area (Å²) in [5.41, 5.74) is 3.20. The number of benzene rings is 1. The van der Waals surface area contributed by atoms with Gasteiger partial charge in [-0.1, -0.05) is 0 Å². The Morgan fingerprint density at radius 1 is 0.966 bits per heavy atom. The summed E-state index contributed by atoms with van der Waals surface area (Å²) in [7, 11) is 0. The molecular weight excluding hydrogens is 388 g/mol. The van der Waals surface area contributed by atoms with Gasteiger partial charge in [-0.25, -0.2) is 14.6 Å². The molecule has 12 heteroatoms. The predicted molar refractivity (Wildman–Crippen MR) is 99.3 cm³/mol. The minimum atomic E-state index is -1.15. The van der Waals surface area contributed by atoms with Gasteiger partial charge in [-0.15, -0.1) is 0 Å². The maximum atomic E-state index is 12.5. The van der Waals surface area contributed by atoms with E-state index in [-0.39, 0.29) is 30.2 Å². The molecule has 0 unspecified atom stereocenters. The van der Waals surface area contributed by atoms with Crippen LogP contribution in [0.2, 0.25) is 0 Å². The average Bonchev–Trinajstić information content (AvgIpc) is 2.67. The Morgan fingerprint density at radius 2 is 1.48 bits per heavy atom. The lowest BCUT2D eigenvalue weighted by molar-refractivity contribution is -0.385. The number of nitro benzene ring substituents is 1. The molecule has 0 aliphatic heterocycles. The first kappa shape index (κ1) is 21.2. The largest absolute Gasteiger partial charge is 0.462 e. The van der Waals surface area contributed by atoms with Gasteiger partial charge in [0.05, 0.1) is 23.1 Å². The number of hydrogen-bond donors (Lipinski definition) is 1. The van der Waals surface area contributed by atoms with Gasteiger partial charge in [-0.05, 0) is 26.0 Å². The average molecular weight is 404 g/mol.